The number of allylic oxidation sites excluding steroid dienone is 1. The van der Waals surface area contributed by atoms with Gasteiger partial charge in [0.25, 0.3) is 5.91 Å². The zero-order chi connectivity index (χ0) is 20.9. The lowest BCUT2D eigenvalue weighted by atomic mass is 9.89. The third-order valence-electron chi connectivity index (χ3n) is 6.77. The summed E-state index contributed by atoms with van der Waals surface area (Å²) < 4.78 is 2.36. The highest BCUT2D eigenvalue weighted by atomic mass is 32.1. The van der Waals surface area contributed by atoms with E-state index in [0.29, 0.717) is 5.92 Å². The Labute approximate surface area is 184 Å². The van der Waals surface area contributed by atoms with E-state index in [9.17, 15) is 4.79 Å². The molecule has 0 saturated heterocycles. The molecule has 4 nitrogen and oxygen atoms in total. The summed E-state index contributed by atoms with van der Waals surface area (Å²) in [6.45, 7) is 5.87. The highest BCUT2D eigenvalue weighted by Gasteiger charge is 2.23. The first-order valence-electron chi connectivity index (χ1n) is 11.7. The minimum atomic E-state index is 0.0551. The van der Waals surface area contributed by atoms with Crippen molar-refractivity contribution in [2.24, 2.45) is 5.92 Å². The molecule has 2 aromatic heterocycles. The van der Waals surface area contributed by atoms with Gasteiger partial charge in [0.05, 0.1) is 22.0 Å². The van der Waals surface area contributed by atoms with E-state index in [1.807, 2.05) is 6.92 Å². The van der Waals surface area contributed by atoms with Crippen molar-refractivity contribution in [3.8, 4) is 11.4 Å². The molecule has 2 aromatic rings. The lowest BCUT2D eigenvalue weighted by Crippen LogP contribution is -2.25. The number of nitrogens with one attached hydrogen (secondary N) is 1. The fourth-order valence-electron chi connectivity index (χ4n) is 5.00. The van der Waals surface area contributed by atoms with Crippen molar-refractivity contribution in [3.63, 3.8) is 0 Å². The Balaban J connectivity index is 1.51. The first-order chi connectivity index (χ1) is 14.6. The van der Waals surface area contributed by atoms with Crippen LogP contribution in [0.25, 0.3) is 11.4 Å². The van der Waals surface area contributed by atoms with Crippen molar-refractivity contribution < 1.29 is 4.79 Å². The number of carbonyl (C=O) groups excluding carboxylic acids is 1. The summed E-state index contributed by atoms with van der Waals surface area (Å²) in [6, 6.07) is 2.07. The summed E-state index contributed by atoms with van der Waals surface area (Å²) in [5, 5.41) is 6.37. The van der Waals surface area contributed by atoms with Crippen LogP contribution < -0.4 is 5.32 Å². The molecule has 0 bridgehead atoms. The van der Waals surface area contributed by atoms with E-state index in [0.717, 1.165) is 47.2 Å². The molecule has 0 aliphatic heterocycles. The molecule has 2 aliphatic carbocycles. The maximum atomic E-state index is 13.0. The van der Waals surface area contributed by atoms with Gasteiger partial charge < -0.3 is 9.88 Å². The molecule has 0 unspecified atom stereocenters. The molecule has 2 heterocycles. The molecular formula is C25H35N3OS. The second-order valence-electron chi connectivity index (χ2n) is 9.01. The third kappa shape index (κ3) is 5.05. The van der Waals surface area contributed by atoms with Gasteiger partial charge in [0.15, 0.2) is 0 Å². The molecule has 1 saturated carbocycles. The number of nitrogens with zero attached hydrogens (tertiary/aromatic N) is 2. The van der Waals surface area contributed by atoms with Crippen molar-refractivity contribution in [2.75, 3.05) is 6.54 Å². The van der Waals surface area contributed by atoms with E-state index in [2.05, 4.69) is 34.3 Å². The SMILES string of the molecule is Cc1nc(-c2cc(C(=O)NCCC3=CCCCC3)c(C)n2CC2CCCCC2)cs1. The molecule has 4 rings (SSSR count). The topological polar surface area (TPSA) is 46.9 Å². The lowest BCUT2D eigenvalue weighted by molar-refractivity contribution is 0.0953. The number of thiazole rings is 1. The van der Waals surface area contributed by atoms with E-state index in [1.165, 1.54) is 63.4 Å². The second kappa shape index (κ2) is 9.95. The highest BCUT2D eigenvalue weighted by Crippen LogP contribution is 2.31. The maximum Gasteiger partial charge on any atom is 0.253 e. The Morgan fingerprint density at radius 2 is 2.03 bits per heavy atom. The Morgan fingerprint density at radius 3 is 2.73 bits per heavy atom. The van der Waals surface area contributed by atoms with Crippen molar-refractivity contribution in [1.29, 1.82) is 0 Å². The predicted octanol–water partition coefficient (Wildman–Crippen LogP) is 6.43. The second-order valence-corrected chi connectivity index (χ2v) is 10.1. The van der Waals surface area contributed by atoms with Crippen LogP contribution in [0, 0.1) is 19.8 Å². The standard InChI is InChI=1S/C25H35N3OS/c1-18-22(25(29)26-14-13-20-9-5-3-6-10-20)15-24(23-17-30-19(2)27-23)28(18)16-21-11-7-4-8-12-21/h9,15,17,21H,3-8,10-14,16H2,1-2H3,(H,26,29). The molecule has 1 N–H and O–H groups in total. The summed E-state index contributed by atoms with van der Waals surface area (Å²) >= 11 is 1.68. The number of hydrogen-bond acceptors (Lipinski definition) is 3. The van der Waals surface area contributed by atoms with Crippen LogP contribution in [0.15, 0.2) is 23.1 Å². The van der Waals surface area contributed by atoms with Crippen molar-refractivity contribution in [1.82, 2.24) is 14.9 Å². The number of aryl methyl sites for hydroxylation is 1. The monoisotopic (exact) mass is 425 g/mol. The van der Waals surface area contributed by atoms with Crippen molar-refractivity contribution in [2.45, 2.75) is 84.6 Å². The van der Waals surface area contributed by atoms with Gasteiger partial charge >= 0.3 is 0 Å². The zero-order valence-corrected chi connectivity index (χ0v) is 19.3. The Hall–Kier alpha value is -1.88. The van der Waals surface area contributed by atoms with Gasteiger partial charge in [-0.2, -0.15) is 0 Å². The van der Waals surface area contributed by atoms with E-state index in [1.54, 1.807) is 11.3 Å². The van der Waals surface area contributed by atoms with Gasteiger partial charge in [-0.25, -0.2) is 4.98 Å². The smallest absolute Gasteiger partial charge is 0.253 e. The molecule has 30 heavy (non-hydrogen) atoms. The Kier molecular flexibility index (Phi) is 7.08. The van der Waals surface area contributed by atoms with Crippen LogP contribution in [0.4, 0.5) is 0 Å². The molecule has 2 aliphatic rings. The first-order valence-corrected chi connectivity index (χ1v) is 12.6. The Bertz CT molecular complexity index is 902. The van der Waals surface area contributed by atoms with Crippen LogP contribution in [-0.2, 0) is 6.54 Å². The summed E-state index contributed by atoms with van der Waals surface area (Å²) in [4.78, 5) is 17.8. The van der Waals surface area contributed by atoms with Crippen molar-refractivity contribution >= 4 is 17.2 Å². The van der Waals surface area contributed by atoms with Crippen LogP contribution in [0.1, 0.15) is 85.3 Å². The predicted molar refractivity (Wildman–Crippen MR) is 125 cm³/mol. The van der Waals surface area contributed by atoms with Gasteiger partial charge in [-0.15, -0.1) is 11.3 Å². The number of carbonyl (C=O) groups is 1. The maximum absolute atomic E-state index is 13.0. The van der Waals surface area contributed by atoms with Crippen LogP contribution >= 0.6 is 11.3 Å². The van der Waals surface area contributed by atoms with Gasteiger partial charge in [-0.05, 0) is 70.8 Å². The van der Waals surface area contributed by atoms with Crippen LogP contribution in [0.5, 0.6) is 0 Å². The summed E-state index contributed by atoms with van der Waals surface area (Å²) in [7, 11) is 0. The number of hydrogen-bond donors (Lipinski definition) is 1. The summed E-state index contributed by atoms with van der Waals surface area (Å²) in [5.74, 6) is 0.761. The van der Waals surface area contributed by atoms with Crippen LogP contribution in [0.3, 0.4) is 0 Å². The van der Waals surface area contributed by atoms with Crippen LogP contribution in [-0.4, -0.2) is 22.0 Å². The fourth-order valence-corrected chi connectivity index (χ4v) is 5.60. The minimum absolute atomic E-state index is 0.0551. The Morgan fingerprint density at radius 1 is 1.20 bits per heavy atom. The zero-order valence-electron chi connectivity index (χ0n) is 18.5. The molecule has 0 aromatic carbocycles. The van der Waals surface area contributed by atoms with Gasteiger partial charge in [0.1, 0.15) is 0 Å². The summed E-state index contributed by atoms with van der Waals surface area (Å²) in [5.41, 5.74) is 5.50. The van der Waals surface area contributed by atoms with E-state index < -0.39 is 0 Å². The van der Waals surface area contributed by atoms with Crippen molar-refractivity contribution in [3.05, 3.63) is 39.4 Å². The molecule has 162 valence electrons. The fraction of sp³-hybridized carbons (Fsp3) is 0.600. The quantitative estimate of drug-likeness (QED) is 0.520. The third-order valence-corrected chi connectivity index (χ3v) is 7.55. The number of aromatic nitrogens is 2. The summed E-state index contributed by atoms with van der Waals surface area (Å²) in [6.07, 6.45) is 15.0. The van der Waals surface area contributed by atoms with E-state index in [-0.39, 0.29) is 5.91 Å². The molecule has 1 amide bonds. The van der Waals surface area contributed by atoms with Gasteiger partial charge in [0, 0.05) is 24.2 Å². The normalized spacial score (nSPS) is 17.7. The molecule has 0 radical (unpaired) electrons. The van der Waals surface area contributed by atoms with Gasteiger partial charge in [0.2, 0.25) is 0 Å². The molecular weight excluding hydrogens is 390 g/mol. The van der Waals surface area contributed by atoms with E-state index in [4.69, 9.17) is 4.98 Å². The average Bonchev–Trinajstić information content (AvgIpc) is 3.33. The molecule has 0 atom stereocenters. The molecule has 0 spiro atoms. The average molecular weight is 426 g/mol. The molecule has 5 heteroatoms. The number of rotatable bonds is 7. The highest BCUT2D eigenvalue weighted by molar-refractivity contribution is 7.09. The minimum Gasteiger partial charge on any atom is -0.352 e. The van der Waals surface area contributed by atoms with Gasteiger partial charge in [-0.3, -0.25) is 4.79 Å². The first kappa shape index (κ1) is 21.4. The van der Waals surface area contributed by atoms with Gasteiger partial charge in [-0.1, -0.05) is 30.9 Å². The molecule has 1 fully saturated rings. The van der Waals surface area contributed by atoms with E-state index >= 15 is 0 Å². The van der Waals surface area contributed by atoms with Crippen LogP contribution in [0.2, 0.25) is 0 Å². The lowest BCUT2D eigenvalue weighted by Gasteiger charge is -2.24. The largest absolute Gasteiger partial charge is 0.352 e. The number of amides is 1.